The van der Waals surface area contributed by atoms with Gasteiger partial charge in [0.2, 0.25) is 0 Å². The van der Waals surface area contributed by atoms with Crippen molar-refractivity contribution in [2.45, 2.75) is 25.2 Å². The van der Waals surface area contributed by atoms with Crippen molar-refractivity contribution in [2.24, 2.45) is 0 Å². The molecule has 0 aliphatic rings. The molecule has 0 amide bonds. The van der Waals surface area contributed by atoms with E-state index < -0.39 is 9.84 Å². The maximum atomic E-state index is 12.3. The van der Waals surface area contributed by atoms with Crippen LogP contribution in [-0.4, -0.2) is 35.7 Å². The Hall–Kier alpha value is -2.80. The Morgan fingerprint density at radius 3 is 2.48 bits per heavy atom. The van der Waals surface area contributed by atoms with Crippen LogP contribution < -0.4 is 5.32 Å². The predicted molar refractivity (Wildman–Crippen MR) is 106 cm³/mol. The quantitative estimate of drug-likeness (QED) is 0.630. The molecule has 0 bridgehead atoms. The van der Waals surface area contributed by atoms with E-state index in [1.54, 1.807) is 42.7 Å². The molecule has 0 fully saturated rings. The molecule has 2 aromatic heterocycles. The number of pyridine rings is 1. The van der Waals surface area contributed by atoms with Crippen LogP contribution in [0, 0.1) is 13.8 Å². The zero-order chi connectivity index (χ0) is 19.3. The molecule has 0 saturated carbocycles. The predicted octanol–water partition coefficient (Wildman–Crippen LogP) is 3.43. The van der Waals surface area contributed by atoms with Crippen molar-refractivity contribution in [3.63, 3.8) is 0 Å². The molecule has 0 aliphatic heterocycles. The average Bonchev–Trinajstić information content (AvgIpc) is 2.69. The van der Waals surface area contributed by atoms with E-state index in [9.17, 15) is 8.42 Å². The molecular formula is C20H22N4O2S. The molecule has 6 nitrogen and oxygen atoms in total. The van der Waals surface area contributed by atoms with Crippen molar-refractivity contribution in [3.8, 4) is 11.4 Å². The monoisotopic (exact) mass is 382 g/mol. The molecule has 0 saturated heterocycles. The van der Waals surface area contributed by atoms with Gasteiger partial charge in [0, 0.05) is 35.8 Å². The zero-order valence-corrected chi connectivity index (χ0v) is 16.2. The fourth-order valence-corrected chi connectivity index (χ4v) is 3.97. The van der Waals surface area contributed by atoms with Crippen LogP contribution in [0.15, 0.2) is 59.8 Å². The summed E-state index contributed by atoms with van der Waals surface area (Å²) in [6.07, 6.45) is 3.92. The number of hydrogen-bond acceptors (Lipinski definition) is 6. The Kier molecular flexibility index (Phi) is 5.81. The van der Waals surface area contributed by atoms with Crippen LogP contribution >= 0.6 is 0 Å². The number of anilines is 1. The van der Waals surface area contributed by atoms with Crippen LogP contribution in [0.25, 0.3) is 11.4 Å². The summed E-state index contributed by atoms with van der Waals surface area (Å²) in [6.45, 7) is 4.39. The van der Waals surface area contributed by atoms with Gasteiger partial charge in [-0.1, -0.05) is 18.2 Å². The summed E-state index contributed by atoms with van der Waals surface area (Å²) >= 11 is 0. The first kappa shape index (κ1) is 19.0. The normalized spacial score (nSPS) is 11.3. The van der Waals surface area contributed by atoms with Crippen LogP contribution in [0.2, 0.25) is 0 Å². The zero-order valence-electron chi connectivity index (χ0n) is 15.4. The van der Waals surface area contributed by atoms with Gasteiger partial charge in [-0.2, -0.15) is 0 Å². The van der Waals surface area contributed by atoms with Gasteiger partial charge >= 0.3 is 0 Å². The van der Waals surface area contributed by atoms with Gasteiger partial charge in [-0.3, -0.25) is 4.98 Å². The number of aromatic nitrogens is 3. The van der Waals surface area contributed by atoms with E-state index in [1.165, 1.54) is 0 Å². The van der Waals surface area contributed by atoms with Crippen molar-refractivity contribution in [2.75, 3.05) is 17.6 Å². The Morgan fingerprint density at radius 2 is 1.78 bits per heavy atom. The Labute approximate surface area is 159 Å². The summed E-state index contributed by atoms with van der Waals surface area (Å²) in [5.41, 5.74) is 2.67. The summed E-state index contributed by atoms with van der Waals surface area (Å²) in [5, 5.41) is 3.25. The Bertz CT molecular complexity index is 1010. The summed E-state index contributed by atoms with van der Waals surface area (Å²) in [4.78, 5) is 13.6. The highest BCUT2D eigenvalue weighted by atomic mass is 32.2. The Morgan fingerprint density at radius 1 is 1.00 bits per heavy atom. The van der Waals surface area contributed by atoms with Gasteiger partial charge < -0.3 is 5.32 Å². The van der Waals surface area contributed by atoms with Gasteiger partial charge in [-0.05, 0) is 44.5 Å². The molecule has 0 atom stereocenters. The number of benzene rings is 1. The lowest BCUT2D eigenvalue weighted by Crippen LogP contribution is -2.13. The van der Waals surface area contributed by atoms with E-state index in [4.69, 9.17) is 0 Å². The van der Waals surface area contributed by atoms with E-state index in [-0.39, 0.29) is 5.75 Å². The third-order valence-corrected chi connectivity index (χ3v) is 6.11. The van der Waals surface area contributed by atoms with E-state index in [1.807, 2.05) is 26.0 Å². The molecule has 0 spiro atoms. The van der Waals surface area contributed by atoms with Crippen molar-refractivity contribution < 1.29 is 8.42 Å². The summed E-state index contributed by atoms with van der Waals surface area (Å²) in [5.74, 6) is 1.41. The third kappa shape index (κ3) is 4.68. The minimum absolute atomic E-state index is 0.0859. The first-order valence-corrected chi connectivity index (χ1v) is 10.4. The summed E-state index contributed by atoms with van der Waals surface area (Å²) in [6, 6.07) is 12.3. The summed E-state index contributed by atoms with van der Waals surface area (Å²) < 4.78 is 24.7. The van der Waals surface area contributed by atoms with Crippen LogP contribution in [0.5, 0.6) is 0 Å². The highest BCUT2D eigenvalue weighted by molar-refractivity contribution is 7.91. The third-order valence-electron chi connectivity index (χ3n) is 4.29. The smallest absolute Gasteiger partial charge is 0.178 e. The second-order valence-electron chi connectivity index (χ2n) is 6.26. The largest absolute Gasteiger partial charge is 0.370 e. The molecule has 27 heavy (non-hydrogen) atoms. The number of sulfone groups is 1. The number of rotatable bonds is 7. The van der Waals surface area contributed by atoms with Crippen LogP contribution in [0.3, 0.4) is 0 Å². The maximum absolute atomic E-state index is 12.3. The standard InChI is InChI=1S/C20H22N4O2S/c1-15-16(2)23-20(17-8-6-11-21-14-17)24-19(15)22-12-7-13-27(25,26)18-9-4-3-5-10-18/h3-6,8-11,14H,7,12-13H2,1-2H3,(H,22,23,24). The molecule has 7 heteroatoms. The van der Waals surface area contributed by atoms with Gasteiger partial charge in [0.15, 0.2) is 15.7 Å². The molecule has 3 aromatic rings. The molecule has 2 heterocycles. The lowest BCUT2D eigenvalue weighted by atomic mass is 10.2. The molecule has 3 rings (SSSR count). The summed E-state index contributed by atoms with van der Waals surface area (Å²) in [7, 11) is -3.27. The van der Waals surface area contributed by atoms with Crippen molar-refractivity contribution in [1.29, 1.82) is 0 Å². The van der Waals surface area contributed by atoms with E-state index in [2.05, 4.69) is 20.3 Å². The molecule has 140 valence electrons. The van der Waals surface area contributed by atoms with Crippen molar-refractivity contribution in [1.82, 2.24) is 15.0 Å². The van der Waals surface area contributed by atoms with Gasteiger partial charge in [-0.15, -0.1) is 0 Å². The second kappa shape index (κ2) is 8.26. The van der Waals surface area contributed by atoms with Crippen LogP contribution in [-0.2, 0) is 9.84 Å². The topological polar surface area (TPSA) is 84.8 Å². The average molecular weight is 382 g/mol. The number of nitrogens with one attached hydrogen (secondary N) is 1. The van der Waals surface area contributed by atoms with E-state index in [0.717, 1.165) is 22.6 Å². The first-order chi connectivity index (χ1) is 13.0. The Balaban J connectivity index is 1.67. The van der Waals surface area contributed by atoms with E-state index >= 15 is 0 Å². The molecule has 1 N–H and O–H groups in total. The van der Waals surface area contributed by atoms with E-state index in [0.29, 0.717) is 23.7 Å². The van der Waals surface area contributed by atoms with Crippen LogP contribution in [0.1, 0.15) is 17.7 Å². The minimum atomic E-state index is -3.27. The van der Waals surface area contributed by atoms with Crippen molar-refractivity contribution in [3.05, 3.63) is 66.1 Å². The molecule has 0 aliphatic carbocycles. The fraction of sp³-hybridized carbons (Fsp3) is 0.250. The lowest BCUT2D eigenvalue weighted by molar-refractivity contribution is 0.594. The van der Waals surface area contributed by atoms with Gasteiger partial charge in [0.1, 0.15) is 5.82 Å². The minimum Gasteiger partial charge on any atom is -0.370 e. The molecule has 0 radical (unpaired) electrons. The maximum Gasteiger partial charge on any atom is 0.178 e. The fourth-order valence-electron chi connectivity index (χ4n) is 2.64. The van der Waals surface area contributed by atoms with Gasteiger partial charge in [0.05, 0.1) is 10.6 Å². The highest BCUT2D eigenvalue weighted by Crippen LogP contribution is 2.21. The van der Waals surface area contributed by atoms with Crippen LogP contribution in [0.4, 0.5) is 5.82 Å². The van der Waals surface area contributed by atoms with Gasteiger partial charge in [-0.25, -0.2) is 18.4 Å². The molecule has 0 unspecified atom stereocenters. The van der Waals surface area contributed by atoms with Gasteiger partial charge in [0.25, 0.3) is 0 Å². The first-order valence-electron chi connectivity index (χ1n) is 8.75. The second-order valence-corrected chi connectivity index (χ2v) is 8.37. The highest BCUT2D eigenvalue weighted by Gasteiger charge is 2.14. The molecular weight excluding hydrogens is 360 g/mol. The molecule has 1 aromatic carbocycles. The van der Waals surface area contributed by atoms with Crippen molar-refractivity contribution >= 4 is 15.7 Å². The number of nitrogens with zero attached hydrogens (tertiary/aromatic N) is 3. The number of hydrogen-bond donors (Lipinski definition) is 1. The SMILES string of the molecule is Cc1nc(-c2cccnc2)nc(NCCCS(=O)(=O)c2ccccc2)c1C. The number of aryl methyl sites for hydroxylation is 1. The lowest BCUT2D eigenvalue weighted by Gasteiger charge is -2.12.